The number of aromatic nitrogens is 4. The number of benzene rings is 1. The largest absolute Gasteiger partial charge is 0.382 e. The Morgan fingerprint density at radius 3 is 2.92 bits per heavy atom. The number of imidazole rings is 1. The highest BCUT2D eigenvalue weighted by Crippen LogP contribution is 2.38. The predicted octanol–water partition coefficient (Wildman–Crippen LogP) is 3.31. The van der Waals surface area contributed by atoms with E-state index in [1.165, 1.54) is 0 Å². The van der Waals surface area contributed by atoms with Crippen molar-refractivity contribution in [2.75, 3.05) is 5.73 Å². The van der Waals surface area contributed by atoms with E-state index in [1.807, 2.05) is 37.4 Å². The fraction of sp³-hybridized carbons (Fsp3) is 0.211. The van der Waals surface area contributed by atoms with Gasteiger partial charge in [-0.3, -0.25) is 14.3 Å². The summed E-state index contributed by atoms with van der Waals surface area (Å²) in [4.78, 5) is 16.8. The van der Waals surface area contributed by atoms with Crippen LogP contribution in [-0.4, -0.2) is 31.5 Å². The van der Waals surface area contributed by atoms with E-state index in [2.05, 4.69) is 15.2 Å². The molecule has 3 N–H and O–H groups in total. The molecule has 5 rings (SSSR count). The molecule has 6 nitrogen and oxygen atoms in total. The number of aryl methyl sites for hydroxylation is 1. The molecular weight excluding hydrogens is 333 g/mol. The van der Waals surface area contributed by atoms with Crippen LogP contribution in [0.5, 0.6) is 0 Å². The third kappa shape index (κ3) is 2.06. The Balaban J connectivity index is 1.69. The number of rotatable bonds is 3. The number of carbonyl (C=O) groups is 1. The number of anilines is 1. The molecule has 26 heavy (non-hydrogen) atoms. The van der Waals surface area contributed by atoms with E-state index >= 15 is 0 Å². The third-order valence-corrected chi connectivity index (χ3v) is 5.13. The number of aromatic amines is 1. The van der Waals surface area contributed by atoms with Crippen molar-refractivity contribution >= 4 is 28.2 Å². The first-order valence-corrected chi connectivity index (χ1v) is 8.43. The van der Waals surface area contributed by atoms with Crippen LogP contribution >= 0.6 is 0 Å². The molecule has 3 aromatic heterocycles. The number of nitrogens with two attached hydrogens (primary N) is 1. The maximum absolute atomic E-state index is 13.4. The number of nitrogen functional groups attached to an aromatic ring is 1. The molecular formula is C19H16FN5O. The molecule has 0 spiro atoms. The van der Waals surface area contributed by atoms with Gasteiger partial charge in [-0.15, -0.1) is 0 Å². The lowest BCUT2D eigenvalue weighted by molar-refractivity contribution is 0.0952. The van der Waals surface area contributed by atoms with Crippen molar-refractivity contribution in [3.63, 3.8) is 0 Å². The molecule has 0 radical (unpaired) electrons. The second-order valence-corrected chi connectivity index (χ2v) is 6.78. The molecule has 7 heteroatoms. The highest BCUT2D eigenvalue weighted by molar-refractivity contribution is 6.03. The van der Waals surface area contributed by atoms with Crippen LogP contribution in [0.3, 0.4) is 0 Å². The lowest BCUT2D eigenvalue weighted by atomic mass is 9.99. The molecule has 1 aliphatic carbocycles. The minimum Gasteiger partial charge on any atom is -0.382 e. The fourth-order valence-electron chi connectivity index (χ4n) is 3.55. The van der Waals surface area contributed by atoms with Crippen LogP contribution in [0.4, 0.5) is 10.2 Å². The zero-order valence-corrected chi connectivity index (χ0v) is 14.0. The molecule has 0 aliphatic heterocycles. The van der Waals surface area contributed by atoms with E-state index in [9.17, 15) is 9.18 Å². The molecule has 1 saturated carbocycles. The van der Waals surface area contributed by atoms with Gasteiger partial charge in [0.25, 0.3) is 0 Å². The third-order valence-electron chi connectivity index (χ3n) is 5.13. The zero-order valence-electron chi connectivity index (χ0n) is 14.0. The molecule has 1 fully saturated rings. The number of carbonyl (C=O) groups excluding carboxylic acids is 1. The molecule has 1 aromatic carbocycles. The summed E-state index contributed by atoms with van der Waals surface area (Å²) in [6, 6.07) is 7.75. The highest BCUT2D eigenvalue weighted by atomic mass is 19.1. The molecule has 3 heterocycles. The Morgan fingerprint density at radius 1 is 1.35 bits per heavy atom. The number of nitrogens with zero attached hydrogens (tertiary/aromatic N) is 3. The Morgan fingerprint density at radius 2 is 2.15 bits per heavy atom. The lowest BCUT2D eigenvalue weighted by Gasteiger charge is -2.09. The summed E-state index contributed by atoms with van der Waals surface area (Å²) < 4.78 is 15.0. The first-order chi connectivity index (χ1) is 12.5. The summed E-state index contributed by atoms with van der Waals surface area (Å²) >= 11 is 0. The van der Waals surface area contributed by atoms with E-state index in [0.717, 1.165) is 27.6 Å². The van der Waals surface area contributed by atoms with Crippen molar-refractivity contribution in [1.29, 1.82) is 0 Å². The summed E-state index contributed by atoms with van der Waals surface area (Å²) in [7, 11) is 0. The van der Waals surface area contributed by atoms with Gasteiger partial charge in [-0.1, -0.05) is 6.07 Å². The van der Waals surface area contributed by atoms with Crippen molar-refractivity contribution in [3.05, 3.63) is 47.9 Å². The SMILES string of the molecule is Cc1c(-c2ccc3nc(N)c(C(=O)[C@@H]4C[C@@H]4F)n3c2)ccc2[nH]ncc12. The van der Waals surface area contributed by atoms with Gasteiger partial charge in [-0.05, 0) is 48.2 Å². The normalized spacial score (nSPS) is 19.3. The number of alkyl halides is 1. The monoisotopic (exact) mass is 349 g/mol. The van der Waals surface area contributed by atoms with Gasteiger partial charge in [-0.2, -0.15) is 5.10 Å². The Bertz CT molecular complexity index is 1190. The highest BCUT2D eigenvalue weighted by Gasteiger charge is 2.45. The summed E-state index contributed by atoms with van der Waals surface area (Å²) in [5.74, 6) is -0.722. The molecule has 130 valence electrons. The van der Waals surface area contributed by atoms with Crippen LogP contribution in [0.15, 0.2) is 36.7 Å². The van der Waals surface area contributed by atoms with Crippen molar-refractivity contribution in [2.24, 2.45) is 5.92 Å². The van der Waals surface area contributed by atoms with Gasteiger partial charge >= 0.3 is 0 Å². The fourth-order valence-corrected chi connectivity index (χ4v) is 3.55. The van der Waals surface area contributed by atoms with Crippen molar-refractivity contribution < 1.29 is 9.18 Å². The number of hydrogen-bond donors (Lipinski definition) is 2. The number of halogens is 1. The van der Waals surface area contributed by atoms with Crippen LogP contribution in [-0.2, 0) is 0 Å². The standard InChI is InChI=1S/C19H16FN5O/c1-9-11(3-4-15-13(9)7-22-24-15)10-2-5-16-23-19(21)17(25(16)8-10)18(26)12-6-14(12)20/h2-5,7-8,12,14H,6,21H2,1H3,(H,22,24)/t12-,14+/m1/s1. The van der Waals surface area contributed by atoms with Crippen molar-refractivity contribution in [3.8, 4) is 11.1 Å². The molecule has 0 amide bonds. The van der Waals surface area contributed by atoms with E-state index in [0.29, 0.717) is 5.65 Å². The van der Waals surface area contributed by atoms with Crippen LogP contribution in [0.2, 0.25) is 0 Å². The Kier molecular flexibility index (Phi) is 2.98. The number of hydrogen-bond acceptors (Lipinski definition) is 4. The first-order valence-electron chi connectivity index (χ1n) is 8.43. The number of nitrogens with one attached hydrogen (secondary N) is 1. The predicted molar refractivity (Wildman–Crippen MR) is 96.8 cm³/mol. The quantitative estimate of drug-likeness (QED) is 0.555. The second kappa shape index (κ2) is 5.14. The smallest absolute Gasteiger partial charge is 0.189 e. The van der Waals surface area contributed by atoms with Crippen LogP contribution in [0, 0.1) is 12.8 Å². The molecule has 0 saturated heterocycles. The van der Waals surface area contributed by atoms with Gasteiger partial charge in [0.2, 0.25) is 0 Å². The average molecular weight is 349 g/mol. The Hall–Kier alpha value is -3.22. The molecule has 2 atom stereocenters. The van der Waals surface area contributed by atoms with Gasteiger partial charge < -0.3 is 5.73 Å². The number of pyridine rings is 1. The molecule has 0 bridgehead atoms. The van der Waals surface area contributed by atoms with Gasteiger partial charge in [0, 0.05) is 11.6 Å². The average Bonchev–Trinajstić information content (AvgIpc) is 3.04. The topological polar surface area (TPSA) is 89.1 Å². The number of ketones is 1. The van der Waals surface area contributed by atoms with E-state index in [-0.39, 0.29) is 23.7 Å². The Labute approximate surface area is 147 Å². The summed E-state index contributed by atoms with van der Waals surface area (Å²) in [6.07, 6.45) is 2.84. The van der Waals surface area contributed by atoms with E-state index in [1.54, 1.807) is 10.6 Å². The lowest BCUT2D eigenvalue weighted by Crippen LogP contribution is -2.10. The van der Waals surface area contributed by atoms with E-state index in [4.69, 9.17) is 5.73 Å². The summed E-state index contributed by atoms with van der Waals surface area (Å²) in [5.41, 5.74) is 10.8. The van der Waals surface area contributed by atoms with Crippen LogP contribution in [0.1, 0.15) is 22.5 Å². The van der Waals surface area contributed by atoms with Crippen LogP contribution < -0.4 is 5.73 Å². The number of fused-ring (bicyclic) bond motifs is 2. The number of H-pyrrole nitrogens is 1. The summed E-state index contributed by atoms with van der Waals surface area (Å²) in [6.45, 7) is 2.03. The molecule has 1 aliphatic rings. The zero-order chi connectivity index (χ0) is 18.0. The van der Waals surface area contributed by atoms with Gasteiger partial charge in [-0.25, -0.2) is 9.37 Å². The maximum atomic E-state index is 13.4. The van der Waals surface area contributed by atoms with Gasteiger partial charge in [0.1, 0.15) is 17.5 Å². The van der Waals surface area contributed by atoms with Gasteiger partial charge in [0.05, 0.1) is 17.6 Å². The van der Waals surface area contributed by atoms with Gasteiger partial charge in [0.15, 0.2) is 11.6 Å². The minimum atomic E-state index is -1.07. The maximum Gasteiger partial charge on any atom is 0.189 e. The molecule has 4 aromatic rings. The summed E-state index contributed by atoms with van der Waals surface area (Å²) in [5, 5.41) is 8.09. The first kappa shape index (κ1) is 15.1. The van der Waals surface area contributed by atoms with E-state index < -0.39 is 12.1 Å². The van der Waals surface area contributed by atoms with Crippen molar-refractivity contribution in [2.45, 2.75) is 19.5 Å². The molecule has 0 unspecified atom stereocenters. The number of Topliss-reactive ketones (excluding diaryl/α,β-unsaturated/α-hetero) is 1. The minimum absolute atomic E-state index is 0.147. The second-order valence-electron chi connectivity index (χ2n) is 6.78. The van der Waals surface area contributed by atoms with Crippen molar-refractivity contribution in [1.82, 2.24) is 19.6 Å². The van der Waals surface area contributed by atoms with Crippen LogP contribution in [0.25, 0.3) is 27.7 Å².